The van der Waals surface area contributed by atoms with Crippen LogP contribution in [0.5, 0.6) is 0 Å². The van der Waals surface area contributed by atoms with Crippen molar-refractivity contribution >= 4 is 17.1 Å². The largest absolute Gasteiger partial charge is 0.294 e. The van der Waals surface area contributed by atoms with Crippen molar-refractivity contribution in [2.24, 2.45) is 68.2 Å². The molecule has 1 fully saturated rings. The second-order valence-electron chi connectivity index (χ2n) is 15.6. The van der Waals surface area contributed by atoms with Crippen LogP contribution in [0, 0.1) is 53.3 Å². The number of hydrogen-bond acceptors (Lipinski definition) is 3. The summed E-state index contributed by atoms with van der Waals surface area (Å²) in [6, 6.07) is 0. The van der Waals surface area contributed by atoms with Gasteiger partial charge in [0.05, 0.1) is 0 Å². The van der Waals surface area contributed by atoms with E-state index in [1.54, 1.807) is 0 Å². The van der Waals surface area contributed by atoms with E-state index in [0.29, 0.717) is 53.3 Å². The highest BCUT2D eigenvalue weighted by Gasteiger charge is 2.29. The molecule has 1 aliphatic carbocycles. The number of aliphatic imine (C=N–C) groups is 3. The summed E-state index contributed by atoms with van der Waals surface area (Å²) >= 11 is 0. The van der Waals surface area contributed by atoms with E-state index >= 15 is 0 Å². The molecule has 0 aromatic rings. The second kappa shape index (κ2) is 19.2. The molecule has 0 amide bonds. The van der Waals surface area contributed by atoms with E-state index in [9.17, 15) is 0 Å². The lowest BCUT2D eigenvalue weighted by molar-refractivity contribution is 0.208. The van der Waals surface area contributed by atoms with Crippen LogP contribution in [0.15, 0.2) is 15.0 Å². The summed E-state index contributed by atoms with van der Waals surface area (Å²) in [5, 5.41) is 0. The van der Waals surface area contributed by atoms with E-state index in [-0.39, 0.29) is 0 Å². The summed E-state index contributed by atoms with van der Waals surface area (Å²) in [7, 11) is 0. The molecule has 3 heteroatoms. The van der Waals surface area contributed by atoms with Crippen LogP contribution in [-0.4, -0.2) is 36.8 Å². The maximum atomic E-state index is 5.29. The molecule has 0 spiro atoms. The van der Waals surface area contributed by atoms with E-state index in [2.05, 4.69) is 83.1 Å². The minimum Gasteiger partial charge on any atom is -0.294 e. The third-order valence-corrected chi connectivity index (χ3v) is 7.58. The Kier molecular flexibility index (Phi) is 17.7. The molecule has 0 N–H and O–H groups in total. The van der Waals surface area contributed by atoms with Crippen LogP contribution < -0.4 is 0 Å². The molecule has 0 aromatic heterocycles. The highest BCUT2D eigenvalue weighted by atomic mass is 14.8. The molecule has 0 heterocycles. The number of rotatable bonds is 18. The topological polar surface area (TPSA) is 37.1 Å². The summed E-state index contributed by atoms with van der Waals surface area (Å²) in [6.07, 6.45) is 10.7. The molecule has 0 aromatic carbocycles. The Bertz CT molecular complexity index is 597. The molecular formula is C36H69N3. The lowest BCUT2D eigenvalue weighted by atomic mass is 9.75. The molecule has 0 aliphatic heterocycles. The van der Waals surface area contributed by atoms with Crippen LogP contribution in [0.2, 0.25) is 0 Å². The summed E-state index contributed by atoms with van der Waals surface area (Å²) in [6.45, 7) is 31.0. The Morgan fingerprint density at radius 3 is 0.718 bits per heavy atom. The fourth-order valence-corrected chi connectivity index (χ4v) is 6.39. The number of nitrogens with zero attached hydrogens (tertiary/aromatic N) is 3. The van der Waals surface area contributed by atoms with Gasteiger partial charge in [0.25, 0.3) is 0 Å². The highest BCUT2D eigenvalue weighted by Crippen LogP contribution is 2.35. The highest BCUT2D eigenvalue weighted by molar-refractivity contribution is 5.85. The monoisotopic (exact) mass is 544 g/mol. The van der Waals surface area contributed by atoms with Crippen molar-refractivity contribution in [3.8, 4) is 0 Å². The smallest absolute Gasteiger partial charge is 0.0417 e. The average molecular weight is 544 g/mol. The van der Waals surface area contributed by atoms with Gasteiger partial charge in [0.2, 0.25) is 0 Å². The lowest BCUT2D eigenvalue weighted by Gasteiger charge is -2.34. The van der Waals surface area contributed by atoms with Gasteiger partial charge in [-0.3, -0.25) is 15.0 Å². The fourth-order valence-electron chi connectivity index (χ4n) is 6.39. The summed E-state index contributed by atoms with van der Waals surface area (Å²) in [5.41, 5.74) is 4.34. The van der Waals surface area contributed by atoms with Crippen molar-refractivity contribution in [2.75, 3.05) is 19.6 Å². The van der Waals surface area contributed by atoms with Crippen LogP contribution in [0.3, 0.4) is 0 Å². The van der Waals surface area contributed by atoms with Crippen LogP contribution in [0.25, 0.3) is 0 Å². The SMILES string of the molecule is CC(C)CC(CC(C)C)=NCC1CC(CN=C(CC(C)C)CC(C)C)CC(CN=C(CC(C)C)CC(C)C)C1. The van der Waals surface area contributed by atoms with Crippen molar-refractivity contribution in [2.45, 2.75) is 141 Å². The van der Waals surface area contributed by atoms with Gasteiger partial charge in [0.1, 0.15) is 0 Å². The Morgan fingerprint density at radius 2 is 0.564 bits per heavy atom. The van der Waals surface area contributed by atoms with Gasteiger partial charge in [-0.2, -0.15) is 0 Å². The van der Waals surface area contributed by atoms with Gasteiger partial charge < -0.3 is 0 Å². The molecule has 1 aliphatic rings. The summed E-state index contributed by atoms with van der Waals surface area (Å²) in [5.74, 6) is 6.09. The minimum absolute atomic E-state index is 0.672. The predicted octanol–water partition coefficient (Wildman–Crippen LogP) is 10.6. The van der Waals surface area contributed by atoms with Crippen molar-refractivity contribution in [3.05, 3.63) is 0 Å². The maximum Gasteiger partial charge on any atom is 0.0417 e. The van der Waals surface area contributed by atoms with E-state index < -0.39 is 0 Å². The van der Waals surface area contributed by atoms with Crippen LogP contribution in [-0.2, 0) is 0 Å². The quantitative estimate of drug-likeness (QED) is 0.154. The minimum atomic E-state index is 0.672. The Hall–Kier alpha value is -0.990. The zero-order chi connectivity index (χ0) is 29.5. The van der Waals surface area contributed by atoms with Crippen LogP contribution >= 0.6 is 0 Å². The molecule has 39 heavy (non-hydrogen) atoms. The zero-order valence-corrected chi connectivity index (χ0v) is 28.5. The van der Waals surface area contributed by atoms with Crippen LogP contribution in [0.1, 0.15) is 141 Å². The zero-order valence-electron chi connectivity index (χ0n) is 28.5. The third-order valence-electron chi connectivity index (χ3n) is 7.58. The first-order valence-corrected chi connectivity index (χ1v) is 16.8. The fraction of sp³-hybridized carbons (Fsp3) is 0.917. The first-order chi connectivity index (χ1) is 18.2. The molecule has 1 saturated carbocycles. The molecule has 1 rings (SSSR count). The first kappa shape index (κ1) is 36.0. The molecule has 0 bridgehead atoms. The molecule has 0 radical (unpaired) electrons. The molecule has 3 nitrogen and oxygen atoms in total. The van der Waals surface area contributed by atoms with Crippen molar-refractivity contribution in [1.29, 1.82) is 0 Å². The first-order valence-electron chi connectivity index (χ1n) is 16.8. The lowest BCUT2D eigenvalue weighted by Crippen LogP contribution is -2.29. The van der Waals surface area contributed by atoms with E-state index in [0.717, 1.165) is 58.2 Å². The second-order valence-corrected chi connectivity index (χ2v) is 15.6. The van der Waals surface area contributed by atoms with Crippen molar-refractivity contribution < 1.29 is 0 Å². The summed E-state index contributed by atoms with van der Waals surface area (Å²) < 4.78 is 0. The van der Waals surface area contributed by atoms with Gasteiger partial charge in [-0.15, -0.1) is 0 Å². The standard InChI is InChI=1S/C36H69N3/c1-25(2)13-34(14-26(3)4)37-22-31-19-32(23-38-35(15-27(5)6)16-28(7)8)21-33(20-31)24-39-36(17-29(9)10)18-30(11)12/h25-33H,13-24H2,1-12H3. The van der Waals surface area contributed by atoms with Gasteiger partial charge in [-0.05, 0) is 111 Å². The maximum absolute atomic E-state index is 5.29. The molecule has 0 saturated heterocycles. The van der Waals surface area contributed by atoms with Crippen molar-refractivity contribution in [1.82, 2.24) is 0 Å². The third kappa shape index (κ3) is 18.1. The predicted molar refractivity (Wildman–Crippen MR) is 178 cm³/mol. The Morgan fingerprint density at radius 1 is 0.385 bits per heavy atom. The molecule has 228 valence electrons. The van der Waals surface area contributed by atoms with Crippen LogP contribution in [0.4, 0.5) is 0 Å². The van der Waals surface area contributed by atoms with Crippen molar-refractivity contribution in [3.63, 3.8) is 0 Å². The summed E-state index contributed by atoms with van der Waals surface area (Å²) in [4.78, 5) is 15.9. The van der Waals surface area contributed by atoms with E-state index in [1.165, 1.54) is 36.4 Å². The molecule has 0 atom stereocenters. The van der Waals surface area contributed by atoms with E-state index in [1.807, 2.05) is 0 Å². The van der Waals surface area contributed by atoms with Gasteiger partial charge in [0, 0.05) is 36.8 Å². The average Bonchev–Trinajstić information content (AvgIpc) is 2.77. The van der Waals surface area contributed by atoms with Gasteiger partial charge in [0.15, 0.2) is 0 Å². The van der Waals surface area contributed by atoms with E-state index in [4.69, 9.17) is 15.0 Å². The number of hydrogen-bond donors (Lipinski definition) is 0. The normalized spacial score (nSPS) is 20.0. The Balaban J connectivity index is 3.11. The van der Waals surface area contributed by atoms with Gasteiger partial charge in [-0.1, -0.05) is 83.1 Å². The molecular weight excluding hydrogens is 474 g/mol. The van der Waals surface area contributed by atoms with Gasteiger partial charge >= 0.3 is 0 Å². The van der Waals surface area contributed by atoms with Gasteiger partial charge in [-0.25, -0.2) is 0 Å². The molecule has 0 unspecified atom stereocenters. The Labute approximate surface area is 245 Å².